The van der Waals surface area contributed by atoms with Crippen LogP contribution in [-0.4, -0.2) is 47.7 Å². The zero-order valence-corrected chi connectivity index (χ0v) is 15.7. The van der Waals surface area contributed by atoms with E-state index in [4.69, 9.17) is 0 Å². The van der Waals surface area contributed by atoms with Gasteiger partial charge in [0, 0.05) is 42.5 Å². The predicted molar refractivity (Wildman–Crippen MR) is 103 cm³/mol. The zero-order chi connectivity index (χ0) is 17.9. The first kappa shape index (κ1) is 17.4. The van der Waals surface area contributed by atoms with E-state index in [1.165, 1.54) is 10.4 Å². The minimum absolute atomic E-state index is 0.0461. The van der Waals surface area contributed by atoms with Crippen LogP contribution in [0.25, 0.3) is 0 Å². The Morgan fingerprint density at radius 1 is 1.04 bits per heavy atom. The second-order valence-electron chi connectivity index (χ2n) is 7.22. The fourth-order valence-electron chi connectivity index (χ4n) is 3.96. The molecule has 0 N–H and O–H groups in total. The number of amides is 1. The summed E-state index contributed by atoms with van der Waals surface area (Å²) in [4.78, 5) is 30.9. The summed E-state index contributed by atoms with van der Waals surface area (Å²) in [7, 11) is 0. The van der Waals surface area contributed by atoms with Gasteiger partial charge in [-0.25, -0.2) is 0 Å². The molecule has 4 nitrogen and oxygen atoms in total. The Kier molecular flexibility index (Phi) is 5.18. The van der Waals surface area contributed by atoms with E-state index in [1.807, 2.05) is 46.6 Å². The molecule has 0 spiro atoms. The van der Waals surface area contributed by atoms with E-state index in [0.29, 0.717) is 19.6 Å². The third-order valence-electron chi connectivity index (χ3n) is 5.52. The zero-order valence-electron chi connectivity index (χ0n) is 14.9. The quantitative estimate of drug-likeness (QED) is 0.778. The summed E-state index contributed by atoms with van der Waals surface area (Å²) < 4.78 is 0. The van der Waals surface area contributed by atoms with Crippen molar-refractivity contribution < 1.29 is 9.59 Å². The molecule has 0 radical (unpaired) electrons. The van der Waals surface area contributed by atoms with Gasteiger partial charge in [0.15, 0.2) is 5.78 Å². The molecule has 3 heterocycles. The summed E-state index contributed by atoms with van der Waals surface area (Å²) >= 11 is 1.82. The molecule has 1 saturated heterocycles. The van der Waals surface area contributed by atoms with Gasteiger partial charge in [-0.2, -0.15) is 0 Å². The molecule has 0 aliphatic carbocycles. The van der Waals surface area contributed by atoms with Crippen LogP contribution in [0.5, 0.6) is 0 Å². The van der Waals surface area contributed by atoms with Crippen molar-refractivity contribution in [2.45, 2.75) is 25.8 Å². The van der Waals surface area contributed by atoms with Crippen LogP contribution in [0.15, 0.2) is 41.8 Å². The van der Waals surface area contributed by atoms with Gasteiger partial charge in [-0.1, -0.05) is 30.3 Å². The number of carbonyl (C=O) groups excluding carboxylic acids is 2. The molecule has 4 rings (SSSR count). The minimum Gasteiger partial charge on any atom is -0.342 e. The Hall–Kier alpha value is -1.98. The van der Waals surface area contributed by atoms with E-state index in [0.717, 1.165) is 37.9 Å². The van der Waals surface area contributed by atoms with E-state index in [2.05, 4.69) is 16.3 Å². The number of hydrogen-bond acceptors (Lipinski definition) is 4. The highest BCUT2D eigenvalue weighted by molar-refractivity contribution is 7.10. The Balaban J connectivity index is 1.28. The first-order valence-corrected chi connectivity index (χ1v) is 10.2. The van der Waals surface area contributed by atoms with Crippen molar-refractivity contribution in [1.29, 1.82) is 0 Å². The van der Waals surface area contributed by atoms with Crippen LogP contribution in [0.1, 0.15) is 33.6 Å². The molecular weight excluding hydrogens is 344 g/mol. The van der Waals surface area contributed by atoms with Gasteiger partial charge in [0.25, 0.3) is 0 Å². The second-order valence-corrected chi connectivity index (χ2v) is 8.22. The number of likely N-dealkylation sites (tertiary alicyclic amines) is 1. The standard InChI is InChI=1S/C21H24N2O2S/c24-20(15-22-10-8-19-18(14-22)9-13-26-19)23-11-6-17(7-12-23)21(25)16-4-2-1-3-5-16/h1-5,9,13,17H,6-8,10-12,14-15H2. The molecule has 2 aliphatic rings. The largest absolute Gasteiger partial charge is 0.342 e. The molecule has 136 valence electrons. The van der Waals surface area contributed by atoms with Crippen LogP contribution >= 0.6 is 11.3 Å². The second kappa shape index (κ2) is 7.72. The number of fused-ring (bicyclic) bond motifs is 1. The Labute approximate surface area is 158 Å². The van der Waals surface area contributed by atoms with Crippen LogP contribution in [0, 0.1) is 5.92 Å². The summed E-state index contributed by atoms with van der Waals surface area (Å²) in [5.41, 5.74) is 2.17. The van der Waals surface area contributed by atoms with Gasteiger partial charge in [-0.15, -0.1) is 11.3 Å². The lowest BCUT2D eigenvalue weighted by molar-refractivity contribution is -0.133. The lowest BCUT2D eigenvalue weighted by Crippen LogP contribution is -2.46. The van der Waals surface area contributed by atoms with Crippen molar-refractivity contribution in [1.82, 2.24) is 9.80 Å². The van der Waals surface area contributed by atoms with Gasteiger partial charge in [-0.3, -0.25) is 14.5 Å². The lowest BCUT2D eigenvalue weighted by Gasteiger charge is -2.34. The van der Waals surface area contributed by atoms with Gasteiger partial charge in [0.05, 0.1) is 6.54 Å². The van der Waals surface area contributed by atoms with Gasteiger partial charge >= 0.3 is 0 Å². The van der Waals surface area contributed by atoms with Gasteiger partial charge in [-0.05, 0) is 36.3 Å². The molecule has 5 heteroatoms. The molecule has 1 aromatic carbocycles. The van der Waals surface area contributed by atoms with Crippen molar-refractivity contribution >= 4 is 23.0 Å². The number of piperidine rings is 1. The van der Waals surface area contributed by atoms with E-state index in [9.17, 15) is 9.59 Å². The van der Waals surface area contributed by atoms with Gasteiger partial charge in [0.1, 0.15) is 0 Å². The van der Waals surface area contributed by atoms with Gasteiger partial charge < -0.3 is 4.90 Å². The minimum atomic E-state index is 0.0461. The summed E-state index contributed by atoms with van der Waals surface area (Å²) in [6.07, 6.45) is 2.59. The molecule has 0 bridgehead atoms. The summed E-state index contributed by atoms with van der Waals surface area (Å²) in [5.74, 6) is 0.470. The maximum atomic E-state index is 12.7. The van der Waals surface area contributed by atoms with E-state index < -0.39 is 0 Å². The molecule has 1 amide bonds. The fourth-order valence-corrected chi connectivity index (χ4v) is 4.85. The molecule has 0 unspecified atom stereocenters. The normalized spacial score (nSPS) is 18.5. The molecule has 1 fully saturated rings. The lowest BCUT2D eigenvalue weighted by atomic mass is 9.89. The van der Waals surface area contributed by atoms with Crippen molar-refractivity contribution in [3.63, 3.8) is 0 Å². The van der Waals surface area contributed by atoms with Crippen LogP contribution in [-0.2, 0) is 17.8 Å². The van der Waals surface area contributed by atoms with Crippen LogP contribution in [0.3, 0.4) is 0 Å². The van der Waals surface area contributed by atoms with E-state index in [1.54, 1.807) is 0 Å². The summed E-state index contributed by atoms with van der Waals surface area (Å²) in [6.45, 7) is 3.72. The highest BCUT2D eigenvalue weighted by atomic mass is 32.1. The highest BCUT2D eigenvalue weighted by Gasteiger charge is 2.29. The third-order valence-corrected chi connectivity index (χ3v) is 6.55. The SMILES string of the molecule is O=C(c1ccccc1)C1CCN(C(=O)CN2CCc3sccc3C2)CC1. The number of nitrogens with zero attached hydrogens (tertiary/aromatic N) is 2. The van der Waals surface area contributed by atoms with Crippen molar-refractivity contribution in [3.05, 3.63) is 57.8 Å². The number of rotatable bonds is 4. The number of ketones is 1. The van der Waals surface area contributed by atoms with Crippen molar-refractivity contribution in [3.8, 4) is 0 Å². The molecule has 1 aromatic heterocycles. The number of hydrogen-bond donors (Lipinski definition) is 0. The Morgan fingerprint density at radius 3 is 2.58 bits per heavy atom. The third kappa shape index (κ3) is 3.74. The fraction of sp³-hybridized carbons (Fsp3) is 0.429. The first-order valence-electron chi connectivity index (χ1n) is 9.35. The van der Waals surface area contributed by atoms with Gasteiger partial charge in [0.2, 0.25) is 5.91 Å². The molecule has 0 saturated carbocycles. The molecule has 2 aliphatic heterocycles. The monoisotopic (exact) mass is 368 g/mol. The number of Topliss-reactive ketones (excluding diaryl/α,β-unsaturated/α-hetero) is 1. The maximum absolute atomic E-state index is 12.7. The molecular formula is C21H24N2O2S. The van der Waals surface area contributed by atoms with Crippen LogP contribution in [0.2, 0.25) is 0 Å². The maximum Gasteiger partial charge on any atom is 0.236 e. The number of carbonyl (C=O) groups is 2. The highest BCUT2D eigenvalue weighted by Crippen LogP contribution is 2.25. The summed E-state index contributed by atoms with van der Waals surface area (Å²) in [6, 6.07) is 11.7. The van der Waals surface area contributed by atoms with Crippen LogP contribution in [0.4, 0.5) is 0 Å². The average molecular weight is 369 g/mol. The first-order chi connectivity index (χ1) is 12.7. The molecule has 2 aromatic rings. The Bertz CT molecular complexity index is 778. The number of thiophene rings is 1. The smallest absolute Gasteiger partial charge is 0.236 e. The summed E-state index contributed by atoms with van der Waals surface area (Å²) in [5, 5.41) is 2.14. The number of benzene rings is 1. The predicted octanol–water partition coefficient (Wildman–Crippen LogP) is 3.23. The Morgan fingerprint density at radius 2 is 1.81 bits per heavy atom. The van der Waals surface area contributed by atoms with Crippen molar-refractivity contribution in [2.75, 3.05) is 26.2 Å². The average Bonchev–Trinajstić information content (AvgIpc) is 3.16. The topological polar surface area (TPSA) is 40.6 Å². The van der Waals surface area contributed by atoms with Crippen molar-refractivity contribution in [2.24, 2.45) is 5.92 Å². The molecule has 26 heavy (non-hydrogen) atoms. The molecule has 0 atom stereocenters. The van der Waals surface area contributed by atoms with E-state index in [-0.39, 0.29) is 17.6 Å². The van der Waals surface area contributed by atoms with E-state index >= 15 is 0 Å². The van der Waals surface area contributed by atoms with Crippen LogP contribution < -0.4 is 0 Å².